The van der Waals surface area contributed by atoms with E-state index < -0.39 is 0 Å². The van der Waals surface area contributed by atoms with Crippen molar-refractivity contribution in [1.82, 2.24) is 20.4 Å². The zero-order chi connectivity index (χ0) is 19.8. The zero-order valence-electron chi connectivity index (χ0n) is 17.2. The van der Waals surface area contributed by atoms with Gasteiger partial charge >= 0.3 is 0 Å². The van der Waals surface area contributed by atoms with Gasteiger partial charge in [-0.1, -0.05) is 35.9 Å². The maximum atomic E-state index is 13.0. The molecule has 2 aliphatic rings. The molecule has 156 valence electrons. The van der Waals surface area contributed by atoms with Crippen LogP contribution in [-0.2, 0) is 32.5 Å². The lowest BCUT2D eigenvalue weighted by molar-refractivity contribution is 0.0944. The van der Waals surface area contributed by atoms with Gasteiger partial charge in [0.15, 0.2) is 5.69 Å². The Morgan fingerprint density at radius 3 is 2.67 bits per heavy atom. The molecule has 0 spiro atoms. The number of hydrogen-bond acceptors (Lipinski definition) is 3. The molecular formula is C24H27ClN4O. The molecule has 3 aromatic rings. The first-order chi connectivity index (χ1) is 14.2. The highest BCUT2D eigenvalue weighted by atomic mass is 35.5. The van der Waals surface area contributed by atoms with Crippen LogP contribution in [0.4, 0.5) is 0 Å². The molecule has 2 heterocycles. The number of hydrogen-bond donors (Lipinski definition) is 2. The second-order valence-corrected chi connectivity index (χ2v) is 8.12. The zero-order valence-corrected chi connectivity index (χ0v) is 18.0. The summed E-state index contributed by atoms with van der Waals surface area (Å²) in [6.45, 7) is 4.45. The van der Waals surface area contributed by atoms with Crippen LogP contribution in [-0.4, -0.2) is 15.7 Å². The molecule has 5 nitrogen and oxygen atoms in total. The van der Waals surface area contributed by atoms with Gasteiger partial charge in [0.25, 0.3) is 5.91 Å². The van der Waals surface area contributed by atoms with Crippen molar-refractivity contribution in [3.8, 4) is 5.69 Å². The molecule has 30 heavy (non-hydrogen) atoms. The van der Waals surface area contributed by atoms with E-state index in [0.29, 0.717) is 12.2 Å². The van der Waals surface area contributed by atoms with Gasteiger partial charge in [0.05, 0.1) is 5.69 Å². The number of nitrogens with zero attached hydrogens (tertiary/aromatic N) is 2. The number of fused-ring (bicyclic) bond motifs is 2. The van der Waals surface area contributed by atoms with E-state index in [1.807, 2.05) is 4.68 Å². The number of halogens is 1. The fraction of sp³-hybridized carbons (Fsp3) is 0.333. The monoisotopic (exact) mass is 422 g/mol. The first kappa shape index (κ1) is 20.6. The smallest absolute Gasteiger partial charge is 0.272 e. The third-order valence-electron chi connectivity index (χ3n) is 6.03. The second kappa shape index (κ2) is 8.62. The molecule has 1 amide bonds. The molecule has 0 atom stereocenters. The van der Waals surface area contributed by atoms with Gasteiger partial charge in [0.2, 0.25) is 0 Å². The fourth-order valence-corrected chi connectivity index (χ4v) is 4.41. The summed E-state index contributed by atoms with van der Waals surface area (Å²) in [6, 6.07) is 14.8. The lowest BCUT2D eigenvalue weighted by Gasteiger charge is -2.14. The van der Waals surface area contributed by atoms with Gasteiger partial charge in [0, 0.05) is 30.9 Å². The predicted octanol–water partition coefficient (Wildman–Crippen LogP) is 4.01. The average molecular weight is 423 g/mol. The summed E-state index contributed by atoms with van der Waals surface area (Å²) < 4.78 is 1.98. The quantitative estimate of drug-likeness (QED) is 0.667. The Morgan fingerprint density at radius 1 is 1.07 bits per heavy atom. The van der Waals surface area contributed by atoms with Crippen molar-refractivity contribution in [1.29, 1.82) is 0 Å². The molecule has 0 saturated carbocycles. The minimum absolute atomic E-state index is 0. The molecule has 0 radical (unpaired) electrons. The Morgan fingerprint density at radius 2 is 1.83 bits per heavy atom. The molecule has 2 aromatic carbocycles. The van der Waals surface area contributed by atoms with E-state index in [4.69, 9.17) is 5.10 Å². The van der Waals surface area contributed by atoms with E-state index >= 15 is 0 Å². The Hall–Kier alpha value is -2.63. The van der Waals surface area contributed by atoms with Crippen molar-refractivity contribution in [2.45, 2.75) is 52.2 Å². The maximum Gasteiger partial charge on any atom is 0.272 e. The molecule has 2 N–H and O–H groups in total. The molecule has 1 aliphatic carbocycles. The Bertz CT molecular complexity index is 1070. The summed E-state index contributed by atoms with van der Waals surface area (Å²) >= 11 is 0. The van der Waals surface area contributed by atoms with E-state index in [0.717, 1.165) is 55.6 Å². The highest BCUT2D eigenvalue weighted by molar-refractivity contribution is 5.94. The largest absolute Gasteiger partial charge is 0.347 e. The fourth-order valence-electron chi connectivity index (χ4n) is 4.41. The van der Waals surface area contributed by atoms with Crippen LogP contribution in [0.3, 0.4) is 0 Å². The SMILES string of the molecule is Cc1ccc(-n2nc(C(=O)NCc3ccc4c(c3)CNC4)c3c2CCCC3)cc1.Cl. The summed E-state index contributed by atoms with van der Waals surface area (Å²) in [5.41, 5.74) is 8.96. The first-order valence-electron chi connectivity index (χ1n) is 10.5. The molecular weight excluding hydrogens is 396 g/mol. The summed E-state index contributed by atoms with van der Waals surface area (Å²) in [5, 5.41) is 11.2. The molecule has 0 fully saturated rings. The Kier molecular flexibility index (Phi) is 5.93. The molecule has 0 unspecified atom stereocenters. The van der Waals surface area contributed by atoms with E-state index in [1.165, 1.54) is 22.4 Å². The number of nitrogens with one attached hydrogen (secondary N) is 2. The number of carbonyl (C=O) groups is 1. The number of carbonyl (C=O) groups excluding carboxylic acids is 1. The highest BCUT2D eigenvalue weighted by Crippen LogP contribution is 2.27. The summed E-state index contributed by atoms with van der Waals surface area (Å²) in [4.78, 5) is 13.0. The van der Waals surface area contributed by atoms with E-state index in [2.05, 4.69) is 60.0 Å². The topological polar surface area (TPSA) is 59.0 Å². The Labute approximate surface area is 183 Å². The van der Waals surface area contributed by atoms with Crippen molar-refractivity contribution in [3.63, 3.8) is 0 Å². The van der Waals surface area contributed by atoms with Crippen LogP contribution < -0.4 is 10.6 Å². The van der Waals surface area contributed by atoms with Gasteiger partial charge < -0.3 is 10.6 Å². The number of aryl methyl sites for hydroxylation is 1. The highest BCUT2D eigenvalue weighted by Gasteiger charge is 2.25. The number of benzene rings is 2. The molecule has 6 heteroatoms. The van der Waals surface area contributed by atoms with Crippen LogP contribution in [0.15, 0.2) is 42.5 Å². The van der Waals surface area contributed by atoms with Gasteiger partial charge in [-0.2, -0.15) is 5.10 Å². The van der Waals surface area contributed by atoms with E-state index in [1.54, 1.807) is 0 Å². The lowest BCUT2D eigenvalue weighted by Crippen LogP contribution is -2.24. The van der Waals surface area contributed by atoms with Gasteiger partial charge in [-0.05, 0) is 61.4 Å². The summed E-state index contributed by atoms with van der Waals surface area (Å²) in [6.07, 6.45) is 4.16. The number of amides is 1. The molecule has 1 aliphatic heterocycles. The average Bonchev–Trinajstić information content (AvgIpc) is 3.37. The third-order valence-corrected chi connectivity index (χ3v) is 6.03. The lowest BCUT2D eigenvalue weighted by atomic mass is 9.95. The van der Waals surface area contributed by atoms with Gasteiger partial charge in [-0.3, -0.25) is 4.79 Å². The molecule has 1 aromatic heterocycles. The number of aromatic nitrogens is 2. The predicted molar refractivity (Wildman–Crippen MR) is 120 cm³/mol. The molecule has 0 saturated heterocycles. The van der Waals surface area contributed by atoms with Crippen molar-refractivity contribution in [3.05, 3.63) is 81.7 Å². The van der Waals surface area contributed by atoms with Crippen molar-refractivity contribution in [2.75, 3.05) is 0 Å². The van der Waals surface area contributed by atoms with Crippen LogP contribution >= 0.6 is 12.4 Å². The van der Waals surface area contributed by atoms with E-state index in [9.17, 15) is 4.79 Å². The standard InChI is InChI=1S/C24H26N4O.ClH/c1-16-6-10-20(11-7-16)28-22-5-3-2-4-21(22)23(27-28)24(29)26-13-17-8-9-18-14-25-15-19(18)12-17;/h6-12,25H,2-5,13-15H2,1H3,(H,26,29);1H. The first-order valence-corrected chi connectivity index (χ1v) is 10.5. The van der Waals surface area contributed by atoms with Crippen LogP contribution in [0.5, 0.6) is 0 Å². The van der Waals surface area contributed by atoms with Crippen LogP contribution in [0, 0.1) is 6.92 Å². The molecule has 0 bridgehead atoms. The van der Waals surface area contributed by atoms with Crippen LogP contribution in [0.2, 0.25) is 0 Å². The van der Waals surface area contributed by atoms with Crippen LogP contribution in [0.25, 0.3) is 5.69 Å². The van der Waals surface area contributed by atoms with Gasteiger partial charge in [-0.25, -0.2) is 4.68 Å². The maximum absolute atomic E-state index is 13.0. The summed E-state index contributed by atoms with van der Waals surface area (Å²) in [7, 11) is 0. The normalized spacial score (nSPS) is 14.6. The molecule has 5 rings (SSSR count). The van der Waals surface area contributed by atoms with Gasteiger partial charge in [-0.15, -0.1) is 12.4 Å². The van der Waals surface area contributed by atoms with Gasteiger partial charge in [0.1, 0.15) is 0 Å². The van der Waals surface area contributed by atoms with Crippen LogP contribution in [0.1, 0.15) is 56.8 Å². The second-order valence-electron chi connectivity index (χ2n) is 8.12. The summed E-state index contributed by atoms with van der Waals surface area (Å²) in [5.74, 6) is -0.0763. The minimum atomic E-state index is -0.0763. The van der Waals surface area contributed by atoms with E-state index in [-0.39, 0.29) is 18.3 Å². The van der Waals surface area contributed by atoms with Crippen molar-refractivity contribution < 1.29 is 4.79 Å². The third kappa shape index (κ3) is 3.87. The van der Waals surface area contributed by atoms with Crippen molar-refractivity contribution >= 4 is 18.3 Å². The Balaban J connectivity index is 0.00000218. The number of rotatable bonds is 4. The van der Waals surface area contributed by atoms with Crippen molar-refractivity contribution in [2.24, 2.45) is 0 Å². The minimum Gasteiger partial charge on any atom is -0.347 e.